The van der Waals surface area contributed by atoms with E-state index in [0.29, 0.717) is 11.9 Å². The molecule has 1 aromatic rings. The van der Waals surface area contributed by atoms with Crippen molar-refractivity contribution in [1.82, 2.24) is 14.7 Å². The van der Waals surface area contributed by atoms with E-state index in [1.165, 1.54) is 12.8 Å². The maximum Gasteiger partial charge on any atom is 0.498 e. The molecular formula is C20H32BN3O3. The SMILES string of the molecule is CC1(C)OB(c2cnn(C3CCN(C(=O)C4CCCC4)CC3)c2)OC1(C)C. The predicted octanol–water partition coefficient (Wildman–Crippen LogP) is 2.54. The third-order valence-electron chi connectivity index (χ3n) is 7.00. The normalized spacial score (nSPS) is 26.1. The van der Waals surface area contributed by atoms with Crippen LogP contribution in [-0.2, 0) is 14.1 Å². The molecule has 0 aromatic carbocycles. The molecule has 1 saturated carbocycles. The summed E-state index contributed by atoms with van der Waals surface area (Å²) < 4.78 is 14.3. The fraction of sp³-hybridized carbons (Fsp3) is 0.800. The Morgan fingerprint density at radius 2 is 1.67 bits per heavy atom. The molecule has 2 aliphatic heterocycles. The van der Waals surface area contributed by atoms with E-state index < -0.39 is 0 Å². The number of carbonyl (C=O) groups excluding carboxylic acids is 1. The van der Waals surface area contributed by atoms with Crippen LogP contribution in [0.2, 0.25) is 0 Å². The summed E-state index contributed by atoms with van der Waals surface area (Å²) in [7, 11) is -0.368. The predicted molar refractivity (Wildman–Crippen MR) is 105 cm³/mol. The number of nitrogens with zero attached hydrogens (tertiary/aromatic N) is 3. The third kappa shape index (κ3) is 3.56. The van der Waals surface area contributed by atoms with Crippen molar-refractivity contribution in [2.75, 3.05) is 13.1 Å². The Hall–Kier alpha value is -1.34. The summed E-state index contributed by atoms with van der Waals surface area (Å²) in [4.78, 5) is 14.7. The van der Waals surface area contributed by atoms with E-state index in [0.717, 1.165) is 44.2 Å². The van der Waals surface area contributed by atoms with Gasteiger partial charge in [0.05, 0.1) is 17.2 Å². The first-order chi connectivity index (χ1) is 12.8. The minimum Gasteiger partial charge on any atom is -0.399 e. The number of piperidine rings is 1. The standard InChI is InChI=1S/C20H32BN3O3/c1-19(2)20(3,4)27-21(26-19)16-13-22-24(14-16)17-9-11-23(12-10-17)18(25)15-7-5-6-8-15/h13-15,17H,5-12H2,1-4H3. The van der Waals surface area contributed by atoms with Crippen molar-refractivity contribution in [1.29, 1.82) is 0 Å². The highest BCUT2D eigenvalue weighted by atomic mass is 16.7. The van der Waals surface area contributed by atoms with Gasteiger partial charge in [0, 0.05) is 36.9 Å². The fourth-order valence-corrected chi connectivity index (χ4v) is 4.44. The number of hydrogen-bond donors (Lipinski definition) is 0. The lowest BCUT2D eigenvalue weighted by molar-refractivity contribution is -0.136. The van der Waals surface area contributed by atoms with Crippen LogP contribution in [0.1, 0.15) is 72.3 Å². The van der Waals surface area contributed by atoms with E-state index in [1.54, 1.807) is 0 Å². The molecule has 0 spiro atoms. The van der Waals surface area contributed by atoms with E-state index in [-0.39, 0.29) is 24.2 Å². The molecule has 148 valence electrons. The van der Waals surface area contributed by atoms with Gasteiger partial charge in [0.25, 0.3) is 0 Å². The van der Waals surface area contributed by atoms with Crippen LogP contribution in [0.5, 0.6) is 0 Å². The van der Waals surface area contributed by atoms with Crippen molar-refractivity contribution < 1.29 is 14.1 Å². The largest absolute Gasteiger partial charge is 0.498 e. The molecule has 3 fully saturated rings. The maximum absolute atomic E-state index is 12.6. The fourth-order valence-electron chi connectivity index (χ4n) is 4.44. The van der Waals surface area contributed by atoms with Crippen molar-refractivity contribution >= 4 is 18.5 Å². The Morgan fingerprint density at radius 3 is 2.26 bits per heavy atom. The Labute approximate surface area is 162 Å². The Balaban J connectivity index is 1.35. The van der Waals surface area contributed by atoms with Crippen molar-refractivity contribution in [3.8, 4) is 0 Å². The molecule has 7 heteroatoms. The van der Waals surface area contributed by atoms with E-state index in [2.05, 4.69) is 43.9 Å². The lowest BCUT2D eigenvalue weighted by Gasteiger charge is -2.33. The van der Waals surface area contributed by atoms with Crippen molar-refractivity contribution in [3.63, 3.8) is 0 Å². The highest BCUT2D eigenvalue weighted by molar-refractivity contribution is 6.62. The Kier molecular flexibility index (Phi) is 4.87. The van der Waals surface area contributed by atoms with Crippen LogP contribution in [0.25, 0.3) is 0 Å². The summed E-state index contributed by atoms with van der Waals surface area (Å²) >= 11 is 0. The van der Waals surface area contributed by atoms with Gasteiger partial charge in [0.2, 0.25) is 5.91 Å². The minimum absolute atomic E-state index is 0.279. The van der Waals surface area contributed by atoms with Crippen LogP contribution in [0, 0.1) is 5.92 Å². The molecule has 0 N–H and O–H groups in total. The zero-order valence-electron chi connectivity index (χ0n) is 17.1. The Morgan fingerprint density at radius 1 is 1.07 bits per heavy atom. The monoisotopic (exact) mass is 373 g/mol. The third-order valence-corrected chi connectivity index (χ3v) is 7.00. The van der Waals surface area contributed by atoms with Gasteiger partial charge in [-0.05, 0) is 53.4 Å². The van der Waals surface area contributed by atoms with Crippen LogP contribution in [0.4, 0.5) is 0 Å². The van der Waals surface area contributed by atoms with E-state index in [9.17, 15) is 4.79 Å². The average Bonchev–Trinajstić information content (AvgIpc) is 3.35. The molecule has 0 bridgehead atoms. The minimum atomic E-state index is -0.368. The van der Waals surface area contributed by atoms with Gasteiger partial charge in [-0.1, -0.05) is 12.8 Å². The number of aromatic nitrogens is 2. The van der Waals surface area contributed by atoms with Gasteiger partial charge in [0.1, 0.15) is 0 Å². The Bertz CT molecular complexity index is 672. The summed E-state index contributed by atoms with van der Waals surface area (Å²) in [5, 5.41) is 4.58. The number of amides is 1. The highest BCUT2D eigenvalue weighted by Gasteiger charge is 2.52. The molecule has 27 heavy (non-hydrogen) atoms. The summed E-state index contributed by atoms with van der Waals surface area (Å²) in [5.74, 6) is 0.658. The van der Waals surface area contributed by atoms with Gasteiger partial charge >= 0.3 is 7.12 Å². The van der Waals surface area contributed by atoms with Crippen molar-refractivity contribution in [3.05, 3.63) is 12.4 Å². The molecule has 2 saturated heterocycles. The topological polar surface area (TPSA) is 56.6 Å². The number of hydrogen-bond acceptors (Lipinski definition) is 4. The maximum atomic E-state index is 12.6. The van der Waals surface area contributed by atoms with E-state index >= 15 is 0 Å². The summed E-state index contributed by atoms with van der Waals surface area (Å²) in [6, 6.07) is 0.341. The second-order valence-electron chi connectivity index (χ2n) is 9.38. The molecular weight excluding hydrogens is 341 g/mol. The lowest BCUT2D eigenvalue weighted by atomic mass is 9.82. The van der Waals surface area contributed by atoms with Crippen LogP contribution in [0.15, 0.2) is 12.4 Å². The van der Waals surface area contributed by atoms with Crippen LogP contribution >= 0.6 is 0 Å². The molecule has 0 unspecified atom stereocenters. The van der Waals surface area contributed by atoms with Crippen LogP contribution in [0.3, 0.4) is 0 Å². The smallest absolute Gasteiger partial charge is 0.399 e. The lowest BCUT2D eigenvalue weighted by Crippen LogP contribution is -2.41. The number of likely N-dealkylation sites (tertiary alicyclic amines) is 1. The average molecular weight is 373 g/mol. The van der Waals surface area contributed by atoms with Crippen molar-refractivity contribution in [2.45, 2.75) is 83.5 Å². The van der Waals surface area contributed by atoms with Crippen LogP contribution in [-0.4, -0.2) is 52.0 Å². The second kappa shape index (κ2) is 6.92. The molecule has 1 aromatic heterocycles. The van der Waals surface area contributed by atoms with Crippen molar-refractivity contribution in [2.24, 2.45) is 5.92 Å². The van der Waals surface area contributed by atoms with Gasteiger partial charge in [-0.15, -0.1) is 0 Å². The molecule has 4 rings (SSSR count). The molecule has 0 atom stereocenters. The van der Waals surface area contributed by atoms with Gasteiger partial charge in [0.15, 0.2) is 0 Å². The van der Waals surface area contributed by atoms with Gasteiger partial charge in [-0.25, -0.2) is 0 Å². The number of carbonyl (C=O) groups is 1. The summed E-state index contributed by atoms with van der Waals surface area (Å²) in [6.45, 7) is 9.93. The second-order valence-corrected chi connectivity index (χ2v) is 9.38. The quantitative estimate of drug-likeness (QED) is 0.765. The first kappa shape index (κ1) is 19.0. The van der Waals surface area contributed by atoms with Crippen LogP contribution < -0.4 is 5.46 Å². The molecule has 6 nitrogen and oxygen atoms in total. The van der Waals surface area contributed by atoms with Gasteiger partial charge in [-0.2, -0.15) is 5.10 Å². The molecule has 3 heterocycles. The highest BCUT2D eigenvalue weighted by Crippen LogP contribution is 2.36. The first-order valence-corrected chi connectivity index (χ1v) is 10.5. The molecule has 0 radical (unpaired) electrons. The number of rotatable bonds is 3. The first-order valence-electron chi connectivity index (χ1n) is 10.5. The summed E-state index contributed by atoms with van der Waals surface area (Å²) in [6.07, 6.45) is 10.4. The zero-order chi connectivity index (χ0) is 19.2. The van der Waals surface area contributed by atoms with Gasteiger partial charge < -0.3 is 14.2 Å². The van der Waals surface area contributed by atoms with E-state index in [4.69, 9.17) is 9.31 Å². The van der Waals surface area contributed by atoms with Gasteiger partial charge in [-0.3, -0.25) is 9.48 Å². The molecule has 1 aliphatic carbocycles. The molecule has 3 aliphatic rings. The van der Waals surface area contributed by atoms with E-state index in [1.807, 2.05) is 10.9 Å². The summed E-state index contributed by atoms with van der Waals surface area (Å²) in [5.41, 5.74) is 0.287. The zero-order valence-corrected chi connectivity index (χ0v) is 17.1. The molecule has 1 amide bonds.